The van der Waals surface area contributed by atoms with E-state index in [1.54, 1.807) is 21.5 Å². The molecule has 0 radical (unpaired) electrons. The summed E-state index contributed by atoms with van der Waals surface area (Å²) in [7, 11) is 3.89. The number of halogens is 2. The van der Waals surface area contributed by atoms with Crippen LogP contribution in [0.3, 0.4) is 0 Å². The van der Waals surface area contributed by atoms with Crippen molar-refractivity contribution in [2.75, 3.05) is 14.1 Å². The van der Waals surface area contributed by atoms with Gasteiger partial charge in [0.25, 0.3) is 11.4 Å². The van der Waals surface area contributed by atoms with Crippen molar-refractivity contribution in [3.05, 3.63) is 66.9 Å². The lowest BCUT2D eigenvalue weighted by Crippen LogP contribution is -2.42. The van der Waals surface area contributed by atoms with Gasteiger partial charge in [0.15, 0.2) is 23.6 Å². The number of nitro benzene ring substituents is 2. The van der Waals surface area contributed by atoms with E-state index in [1.807, 2.05) is 14.1 Å². The topological polar surface area (TPSA) is 122 Å². The molecule has 2 aromatic carbocycles. The normalized spacial score (nSPS) is 12.0. The Hall–Kier alpha value is -3.28. The molecule has 0 saturated carbocycles. The first-order valence-corrected chi connectivity index (χ1v) is 9.74. The maximum absolute atomic E-state index is 11.0. The molecule has 0 aliphatic carbocycles. The van der Waals surface area contributed by atoms with Crippen LogP contribution in [-0.4, -0.2) is 48.0 Å². The van der Waals surface area contributed by atoms with Crippen LogP contribution < -0.4 is 0 Å². The average Bonchev–Trinajstić information content (AvgIpc) is 3.17. The van der Waals surface area contributed by atoms with Crippen LogP contribution in [0.15, 0.2) is 36.4 Å². The Bertz CT molecular complexity index is 1260. The molecule has 31 heavy (non-hydrogen) atoms. The molecule has 0 amide bonds. The molecule has 4 rings (SSSR count). The highest BCUT2D eigenvalue weighted by molar-refractivity contribution is 6.34. The number of rotatable bonds is 6. The van der Waals surface area contributed by atoms with Crippen LogP contribution in [0.4, 0.5) is 11.4 Å². The zero-order valence-corrected chi connectivity index (χ0v) is 17.9. The number of non-ortho nitro benzene ring substituents is 2. The van der Waals surface area contributed by atoms with Gasteiger partial charge in [-0.1, -0.05) is 23.2 Å². The van der Waals surface area contributed by atoms with Gasteiger partial charge >= 0.3 is 0 Å². The summed E-state index contributed by atoms with van der Waals surface area (Å²) >= 11 is 12.4. The quantitative estimate of drug-likeness (QED) is 0.239. The Morgan fingerprint density at radius 2 is 1.23 bits per heavy atom. The highest BCUT2D eigenvalue weighted by Gasteiger charge is 2.24. The smallest absolute Gasteiger partial charge is 0.270 e. The number of fused-ring (bicyclic) bond motifs is 2. The van der Waals surface area contributed by atoms with E-state index in [4.69, 9.17) is 23.2 Å². The molecule has 0 saturated heterocycles. The van der Waals surface area contributed by atoms with E-state index in [0.717, 1.165) is 0 Å². The molecule has 0 bridgehead atoms. The third-order valence-electron chi connectivity index (χ3n) is 4.83. The molecule has 4 aromatic rings. The minimum absolute atomic E-state index is 0.0607. The van der Waals surface area contributed by atoms with Crippen LogP contribution in [-0.2, 0) is 13.3 Å². The Morgan fingerprint density at radius 1 is 0.839 bits per heavy atom. The minimum atomic E-state index is -0.482. The van der Waals surface area contributed by atoms with Gasteiger partial charge in [0, 0.05) is 35.0 Å². The monoisotopic (exact) mass is 464 g/mol. The Morgan fingerprint density at radius 3 is 1.58 bits per heavy atom. The van der Waals surface area contributed by atoms with E-state index in [1.165, 1.54) is 24.3 Å². The van der Waals surface area contributed by atoms with Crippen molar-refractivity contribution in [3.8, 4) is 0 Å². The first-order chi connectivity index (χ1) is 14.6. The van der Waals surface area contributed by atoms with Crippen LogP contribution >= 0.6 is 23.2 Å². The zero-order valence-electron chi connectivity index (χ0n) is 16.4. The molecule has 0 spiro atoms. The summed E-state index contributed by atoms with van der Waals surface area (Å²) in [6.45, 7) is 0.764. The maximum Gasteiger partial charge on any atom is 0.270 e. The van der Waals surface area contributed by atoms with Gasteiger partial charge in [0.1, 0.15) is 0 Å². The highest BCUT2D eigenvalue weighted by Crippen LogP contribution is 2.29. The summed E-state index contributed by atoms with van der Waals surface area (Å²) in [4.78, 5) is 21.1. The Labute approximate surface area is 184 Å². The second-order valence-electron chi connectivity index (χ2n) is 7.72. The average molecular weight is 465 g/mol. The molecule has 0 N–H and O–H groups in total. The van der Waals surface area contributed by atoms with E-state index >= 15 is 0 Å². The Kier molecular flexibility index (Phi) is 5.04. The SMILES string of the molecule is C[N+](C)(Cn1nc(Cl)c2cc([N+](=O)[O-])ccc21)Cn1nc(Cl)c2cc([N+](=O)[O-])ccc21. The van der Waals surface area contributed by atoms with Crippen LogP contribution in [0.25, 0.3) is 21.8 Å². The van der Waals surface area contributed by atoms with E-state index < -0.39 is 9.85 Å². The minimum Gasteiger partial charge on any atom is -0.291 e. The molecule has 13 heteroatoms. The van der Waals surface area contributed by atoms with Gasteiger partial charge in [-0.2, -0.15) is 10.2 Å². The van der Waals surface area contributed by atoms with Gasteiger partial charge in [-0.25, -0.2) is 9.36 Å². The zero-order chi connectivity index (χ0) is 22.5. The number of benzene rings is 2. The van der Waals surface area contributed by atoms with Crippen molar-refractivity contribution in [2.45, 2.75) is 13.3 Å². The fraction of sp³-hybridized carbons (Fsp3) is 0.222. The van der Waals surface area contributed by atoms with Crippen molar-refractivity contribution in [1.29, 1.82) is 0 Å². The molecule has 2 heterocycles. The molecule has 2 aromatic heterocycles. The van der Waals surface area contributed by atoms with E-state index in [-0.39, 0.29) is 21.7 Å². The van der Waals surface area contributed by atoms with Crippen molar-refractivity contribution in [2.24, 2.45) is 0 Å². The van der Waals surface area contributed by atoms with Crippen molar-refractivity contribution in [3.63, 3.8) is 0 Å². The van der Waals surface area contributed by atoms with Crippen molar-refractivity contribution >= 4 is 56.4 Å². The first kappa shape index (κ1) is 21.0. The number of hydrogen-bond acceptors (Lipinski definition) is 6. The standard InChI is InChI=1S/C18H16Cl2N7O4/c1-27(2,9-23-15-5-3-11(25(28)29)7-13(15)17(19)21-23)10-24-16-6-4-12(26(30)31)8-14(16)18(20)22-24/h3-8H,9-10H2,1-2H3/q+1. The van der Waals surface area contributed by atoms with Crippen LogP contribution in [0, 0.1) is 20.2 Å². The second-order valence-corrected chi connectivity index (χ2v) is 8.43. The number of aromatic nitrogens is 4. The van der Waals surface area contributed by atoms with E-state index in [2.05, 4.69) is 10.2 Å². The lowest BCUT2D eigenvalue weighted by Gasteiger charge is -2.29. The highest BCUT2D eigenvalue weighted by atomic mass is 35.5. The molecular formula is C18H16Cl2N7O4+. The number of hydrogen-bond donors (Lipinski definition) is 0. The lowest BCUT2D eigenvalue weighted by molar-refractivity contribution is -0.934. The van der Waals surface area contributed by atoms with Crippen LogP contribution in [0.2, 0.25) is 10.3 Å². The molecule has 160 valence electrons. The van der Waals surface area contributed by atoms with Gasteiger partial charge in [0.05, 0.1) is 35.0 Å². The summed E-state index contributed by atoms with van der Waals surface area (Å²) in [5, 5.41) is 32.1. The lowest BCUT2D eigenvalue weighted by atomic mass is 10.2. The Balaban J connectivity index is 1.66. The molecular weight excluding hydrogens is 449 g/mol. The molecule has 0 fully saturated rings. The number of nitro groups is 2. The molecule has 0 aliphatic rings. The largest absolute Gasteiger partial charge is 0.291 e. The fourth-order valence-electron chi connectivity index (χ4n) is 3.47. The predicted octanol–water partition coefficient (Wildman–Crippen LogP) is 4.20. The van der Waals surface area contributed by atoms with Gasteiger partial charge in [-0.3, -0.25) is 24.7 Å². The second kappa shape index (κ2) is 7.45. The van der Waals surface area contributed by atoms with Crippen LogP contribution in [0.5, 0.6) is 0 Å². The first-order valence-electron chi connectivity index (χ1n) is 8.99. The van der Waals surface area contributed by atoms with Crippen molar-refractivity contribution in [1.82, 2.24) is 19.6 Å². The number of nitrogens with zero attached hydrogens (tertiary/aromatic N) is 7. The number of quaternary nitrogens is 1. The van der Waals surface area contributed by atoms with Gasteiger partial charge in [-0.15, -0.1) is 0 Å². The van der Waals surface area contributed by atoms with Crippen LogP contribution in [0.1, 0.15) is 0 Å². The summed E-state index contributed by atoms with van der Waals surface area (Å²) in [6, 6.07) is 8.84. The summed E-state index contributed by atoms with van der Waals surface area (Å²) in [6.07, 6.45) is 0. The van der Waals surface area contributed by atoms with Gasteiger partial charge < -0.3 is 0 Å². The maximum atomic E-state index is 11.0. The molecule has 0 unspecified atom stereocenters. The van der Waals surface area contributed by atoms with E-state index in [9.17, 15) is 20.2 Å². The third kappa shape index (κ3) is 3.90. The fourth-order valence-corrected chi connectivity index (χ4v) is 3.95. The van der Waals surface area contributed by atoms with E-state index in [0.29, 0.717) is 39.6 Å². The summed E-state index contributed by atoms with van der Waals surface area (Å²) in [5.74, 6) is 0. The molecule has 11 nitrogen and oxygen atoms in total. The summed E-state index contributed by atoms with van der Waals surface area (Å²) in [5.41, 5.74) is 1.21. The predicted molar refractivity (Wildman–Crippen MR) is 115 cm³/mol. The van der Waals surface area contributed by atoms with Gasteiger partial charge in [0.2, 0.25) is 0 Å². The van der Waals surface area contributed by atoms with Gasteiger partial charge in [-0.05, 0) is 12.1 Å². The molecule has 0 aliphatic heterocycles. The molecule has 0 atom stereocenters. The summed E-state index contributed by atoms with van der Waals surface area (Å²) < 4.78 is 3.73. The third-order valence-corrected chi connectivity index (χ3v) is 5.39. The van der Waals surface area contributed by atoms with Crippen molar-refractivity contribution < 1.29 is 14.3 Å².